The maximum atomic E-state index is 12.3. The van der Waals surface area contributed by atoms with E-state index in [1.54, 1.807) is 19.1 Å². The fraction of sp³-hybridized carbons (Fsp3) is 0.524. The minimum atomic E-state index is -0.652. The van der Waals surface area contributed by atoms with Gasteiger partial charge in [0, 0.05) is 29.6 Å². The van der Waals surface area contributed by atoms with E-state index in [4.69, 9.17) is 22.1 Å². The smallest absolute Gasteiger partial charge is 0.408 e. The van der Waals surface area contributed by atoms with Gasteiger partial charge in [-0.3, -0.25) is 20.6 Å². The molecule has 2 aromatic rings. The number of nitrogens with zero attached hydrogens (tertiary/aromatic N) is 2. The van der Waals surface area contributed by atoms with Crippen molar-refractivity contribution >= 4 is 29.4 Å². The molecule has 0 radical (unpaired) electrons. The highest BCUT2D eigenvalue weighted by molar-refractivity contribution is 6.31. The second-order valence-electron chi connectivity index (χ2n) is 8.24. The van der Waals surface area contributed by atoms with Gasteiger partial charge in [-0.25, -0.2) is 4.79 Å². The number of hydrogen-bond acceptors (Lipinski definition) is 6. The number of rotatable bonds is 7. The quantitative estimate of drug-likeness (QED) is 0.480. The summed E-state index contributed by atoms with van der Waals surface area (Å²) in [5.41, 5.74) is 8.34. The van der Waals surface area contributed by atoms with Crippen LogP contribution in [0.3, 0.4) is 0 Å². The number of aromatic nitrogens is 3. The van der Waals surface area contributed by atoms with Crippen LogP contribution in [0.2, 0.25) is 5.02 Å². The Morgan fingerprint density at radius 1 is 1.35 bits per heavy atom. The van der Waals surface area contributed by atoms with Crippen molar-refractivity contribution < 1.29 is 14.3 Å². The van der Waals surface area contributed by atoms with Crippen molar-refractivity contribution in [2.24, 2.45) is 11.7 Å². The Bertz CT molecular complexity index is 932. The third-order valence-electron chi connectivity index (χ3n) is 5.31. The minimum Gasteiger partial charge on any atom is -0.430 e. The molecule has 1 saturated carbocycles. The number of anilines is 1. The number of ether oxygens (including phenoxy) is 1. The van der Waals surface area contributed by atoms with E-state index in [2.05, 4.69) is 25.8 Å². The van der Waals surface area contributed by atoms with Gasteiger partial charge in [0.1, 0.15) is 0 Å². The maximum Gasteiger partial charge on any atom is 0.408 e. The van der Waals surface area contributed by atoms with E-state index in [1.165, 1.54) is 0 Å². The average molecular weight is 449 g/mol. The highest BCUT2D eigenvalue weighted by atomic mass is 35.5. The fourth-order valence-electron chi connectivity index (χ4n) is 3.74. The lowest BCUT2D eigenvalue weighted by Gasteiger charge is -2.20. The molecular weight excluding hydrogens is 420 g/mol. The lowest BCUT2D eigenvalue weighted by molar-refractivity contribution is -0.115. The standard InChI is InChI=1S/C21H29ClN6O3/c1-11(2)24-21(30)31-20(23)14-5-4-13(8-14)17-10-18(28-27-17)26-19(29)9-15-6-7-16(22)12(3)25-15/h6-7,10-11,13-14,20H,4-5,8-9,23H2,1-3H3,(H,24,30)(H2,26,27,28,29)/t13-,14?,20+/m0/s1. The molecule has 0 spiro atoms. The Morgan fingerprint density at radius 2 is 2.13 bits per heavy atom. The molecule has 0 saturated heterocycles. The van der Waals surface area contributed by atoms with Gasteiger partial charge in [-0.05, 0) is 52.2 Å². The molecule has 168 valence electrons. The van der Waals surface area contributed by atoms with Gasteiger partial charge >= 0.3 is 6.09 Å². The number of aryl methyl sites for hydroxylation is 1. The summed E-state index contributed by atoms with van der Waals surface area (Å²) in [5.74, 6) is 0.546. The normalized spacial score (nSPS) is 19.3. The van der Waals surface area contributed by atoms with Gasteiger partial charge in [-0.15, -0.1) is 0 Å². The van der Waals surface area contributed by atoms with Crippen molar-refractivity contribution in [3.63, 3.8) is 0 Å². The molecule has 2 heterocycles. The van der Waals surface area contributed by atoms with E-state index in [1.807, 2.05) is 19.9 Å². The molecule has 2 amide bonds. The molecule has 1 fully saturated rings. The molecule has 3 rings (SSSR count). The molecule has 9 nitrogen and oxygen atoms in total. The second kappa shape index (κ2) is 10.1. The van der Waals surface area contributed by atoms with Crippen molar-refractivity contribution in [1.82, 2.24) is 20.5 Å². The number of nitrogens with one attached hydrogen (secondary N) is 3. The molecular formula is C21H29ClN6O3. The van der Waals surface area contributed by atoms with Crippen molar-refractivity contribution in [3.8, 4) is 0 Å². The zero-order valence-electron chi connectivity index (χ0n) is 17.9. The predicted molar refractivity (Wildman–Crippen MR) is 118 cm³/mol. The van der Waals surface area contributed by atoms with Gasteiger partial charge in [0.15, 0.2) is 12.0 Å². The molecule has 2 aromatic heterocycles. The second-order valence-corrected chi connectivity index (χ2v) is 8.65. The van der Waals surface area contributed by atoms with Crippen LogP contribution >= 0.6 is 11.6 Å². The van der Waals surface area contributed by atoms with Crippen LogP contribution in [0.5, 0.6) is 0 Å². The van der Waals surface area contributed by atoms with Gasteiger partial charge in [-0.2, -0.15) is 5.10 Å². The van der Waals surface area contributed by atoms with Crippen molar-refractivity contribution in [1.29, 1.82) is 0 Å². The summed E-state index contributed by atoms with van der Waals surface area (Å²) in [6, 6.07) is 5.30. The molecule has 10 heteroatoms. The van der Waals surface area contributed by atoms with E-state index >= 15 is 0 Å². The SMILES string of the molecule is Cc1nc(CC(=O)Nc2cc([C@H]3CCC([C@H](N)OC(=O)NC(C)C)C3)[nH]n2)ccc1Cl. The number of H-pyrrole nitrogens is 1. The molecule has 1 aliphatic carbocycles. The predicted octanol–water partition coefficient (Wildman–Crippen LogP) is 3.25. The molecule has 31 heavy (non-hydrogen) atoms. The van der Waals surface area contributed by atoms with E-state index in [0.29, 0.717) is 22.2 Å². The Hall–Kier alpha value is -2.65. The number of carbonyl (C=O) groups excluding carboxylic acids is 2. The Morgan fingerprint density at radius 3 is 2.84 bits per heavy atom. The summed E-state index contributed by atoms with van der Waals surface area (Å²) in [6.45, 7) is 5.52. The fourth-order valence-corrected chi connectivity index (χ4v) is 3.85. The topological polar surface area (TPSA) is 135 Å². The summed E-state index contributed by atoms with van der Waals surface area (Å²) in [6.07, 6.45) is 1.51. The van der Waals surface area contributed by atoms with Crippen LogP contribution in [-0.2, 0) is 16.0 Å². The lowest BCUT2D eigenvalue weighted by Crippen LogP contribution is -2.40. The van der Waals surface area contributed by atoms with E-state index in [0.717, 1.165) is 25.0 Å². The van der Waals surface area contributed by atoms with Gasteiger partial charge in [0.05, 0.1) is 22.8 Å². The highest BCUT2D eigenvalue weighted by Crippen LogP contribution is 2.39. The molecule has 3 atom stereocenters. The van der Waals surface area contributed by atoms with Crippen LogP contribution in [-0.4, -0.2) is 39.5 Å². The van der Waals surface area contributed by atoms with E-state index in [9.17, 15) is 9.59 Å². The van der Waals surface area contributed by atoms with Gasteiger partial charge in [0.25, 0.3) is 0 Å². The van der Waals surface area contributed by atoms with Gasteiger partial charge < -0.3 is 15.4 Å². The van der Waals surface area contributed by atoms with Crippen LogP contribution in [0, 0.1) is 12.8 Å². The lowest BCUT2D eigenvalue weighted by atomic mass is 10.0. The zero-order valence-corrected chi connectivity index (χ0v) is 18.7. The summed E-state index contributed by atoms with van der Waals surface area (Å²) in [4.78, 5) is 28.4. The number of pyridine rings is 1. The maximum absolute atomic E-state index is 12.3. The summed E-state index contributed by atoms with van der Waals surface area (Å²) in [7, 11) is 0. The van der Waals surface area contributed by atoms with Crippen LogP contribution in [0.4, 0.5) is 10.6 Å². The molecule has 0 aliphatic heterocycles. The number of aromatic amines is 1. The van der Waals surface area contributed by atoms with Gasteiger partial charge in [-0.1, -0.05) is 11.6 Å². The van der Waals surface area contributed by atoms with Crippen LogP contribution < -0.4 is 16.4 Å². The largest absolute Gasteiger partial charge is 0.430 e. The Labute approximate surface area is 186 Å². The first kappa shape index (κ1) is 23.0. The first-order valence-electron chi connectivity index (χ1n) is 10.4. The third-order valence-corrected chi connectivity index (χ3v) is 5.71. The summed E-state index contributed by atoms with van der Waals surface area (Å²) in [5, 5.41) is 13.2. The molecule has 1 unspecified atom stereocenters. The molecule has 1 aliphatic rings. The number of hydrogen-bond donors (Lipinski definition) is 4. The number of carbonyl (C=O) groups is 2. The monoisotopic (exact) mass is 448 g/mol. The number of amides is 2. The van der Waals surface area contributed by atoms with Crippen molar-refractivity contribution in [2.45, 2.75) is 64.6 Å². The minimum absolute atomic E-state index is 0.00542. The first-order chi connectivity index (χ1) is 14.7. The molecule has 0 bridgehead atoms. The van der Waals surface area contributed by atoms with Crippen LogP contribution in [0.1, 0.15) is 56.1 Å². The summed E-state index contributed by atoms with van der Waals surface area (Å²) >= 11 is 5.97. The number of alkyl carbamates (subject to hydrolysis) is 1. The van der Waals surface area contributed by atoms with Gasteiger partial charge in [0.2, 0.25) is 5.91 Å². The van der Waals surface area contributed by atoms with E-state index < -0.39 is 12.3 Å². The third kappa shape index (κ3) is 6.41. The molecule has 0 aromatic carbocycles. The summed E-state index contributed by atoms with van der Waals surface area (Å²) < 4.78 is 5.29. The van der Waals surface area contributed by atoms with Crippen LogP contribution in [0.25, 0.3) is 0 Å². The number of halogens is 1. The Balaban J connectivity index is 1.50. The number of nitrogens with two attached hydrogens (primary N) is 1. The van der Waals surface area contributed by atoms with Crippen molar-refractivity contribution in [3.05, 3.63) is 40.3 Å². The highest BCUT2D eigenvalue weighted by Gasteiger charge is 2.33. The molecule has 5 N–H and O–H groups in total. The van der Waals surface area contributed by atoms with Crippen molar-refractivity contribution in [2.75, 3.05) is 5.32 Å². The van der Waals surface area contributed by atoms with Crippen LogP contribution in [0.15, 0.2) is 18.2 Å². The average Bonchev–Trinajstić information content (AvgIpc) is 3.33. The Kier molecular flexibility index (Phi) is 7.50. The van der Waals surface area contributed by atoms with E-state index in [-0.39, 0.29) is 30.2 Å². The zero-order chi connectivity index (χ0) is 22.5. The first-order valence-corrected chi connectivity index (χ1v) is 10.8.